The molecule has 0 saturated carbocycles. The van der Waals surface area contributed by atoms with E-state index in [-0.39, 0.29) is 11.7 Å². The van der Waals surface area contributed by atoms with Crippen molar-refractivity contribution in [3.63, 3.8) is 0 Å². The molecule has 0 radical (unpaired) electrons. The number of nitrogens with two attached hydrogens (primary N) is 1. The van der Waals surface area contributed by atoms with E-state index in [0.29, 0.717) is 11.0 Å². The smallest absolute Gasteiger partial charge is 0.227 e. The van der Waals surface area contributed by atoms with Crippen molar-refractivity contribution in [2.45, 2.75) is 18.5 Å². The first-order valence-corrected chi connectivity index (χ1v) is 6.60. The summed E-state index contributed by atoms with van der Waals surface area (Å²) in [5.74, 6) is 0.509. The second kappa shape index (κ2) is 5.68. The highest BCUT2D eigenvalue weighted by Crippen LogP contribution is 2.19. The van der Waals surface area contributed by atoms with Crippen molar-refractivity contribution >= 4 is 17.7 Å². The molecule has 1 aromatic heterocycles. The highest BCUT2D eigenvalue weighted by molar-refractivity contribution is 7.99. The third-order valence-corrected chi connectivity index (χ3v) is 3.31. The summed E-state index contributed by atoms with van der Waals surface area (Å²) in [6, 6.07) is 8.13. The number of primary amides is 1. The fourth-order valence-corrected chi connectivity index (χ4v) is 2.01. The van der Waals surface area contributed by atoms with Crippen LogP contribution >= 0.6 is 11.8 Å². The molecule has 2 rings (SSSR count). The van der Waals surface area contributed by atoms with Gasteiger partial charge in [0.25, 0.3) is 0 Å². The summed E-state index contributed by atoms with van der Waals surface area (Å²) in [7, 11) is 0. The number of benzene rings is 1. The Labute approximate surface area is 109 Å². The standard InChI is InChI=1S/C12H14N4OS/c1-2-8-3-5-9(6-4-8)11-14-12(16-15-11)18-7-10(13)17/h3-6H,2,7H2,1H3,(H2,13,17)(H,14,15,16). The van der Waals surface area contributed by atoms with Crippen LogP contribution in [0.4, 0.5) is 0 Å². The Bertz CT molecular complexity index is 535. The molecule has 0 unspecified atom stereocenters. The maximum Gasteiger partial charge on any atom is 0.227 e. The highest BCUT2D eigenvalue weighted by atomic mass is 32.2. The first kappa shape index (κ1) is 12.6. The number of H-pyrrole nitrogens is 1. The van der Waals surface area contributed by atoms with Crippen molar-refractivity contribution in [2.24, 2.45) is 5.73 Å². The van der Waals surface area contributed by atoms with Crippen LogP contribution in [0.5, 0.6) is 0 Å². The molecule has 1 heterocycles. The van der Waals surface area contributed by atoms with Gasteiger partial charge in [-0.2, -0.15) is 0 Å². The van der Waals surface area contributed by atoms with Crippen LogP contribution in [0.2, 0.25) is 0 Å². The van der Waals surface area contributed by atoms with Gasteiger partial charge in [0.1, 0.15) is 0 Å². The van der Waals surface area contributed by atoms with Crippen molar-refractivity contribution in [2.75, 3.05) is 5.75 Å². The fourth-order valence-electron chi connectivity index (χ4n) is 1.47. The molecule has 0 bridgehead atoms. The number of nitrogens with one attached hydrogen (secondary N) is 1. The van der Waals surface area contributed by atoms with E-state index < -0.39 is 0 Å². The van der Waals surface area contributed by atoms with E-state index in [1.54, 1.807) is 0 Å². The second-order valence-corrected chi connectivity index (χ2v) is 4.71. The maximum absolute atomic E-state index is 10.7. The lowest BCUT2D eigenvalue weighted by atomic mass is 10.1. The zero-order chi connectivity index (χ0) is 13.0. The molecule has 5 nitrogen and oxygen atoms in total. The molecule has 0 aliphatic rings. The molecule has 2 aromatic rings. The number of carbonyl (C=O) groups is 1. The second-order valence-electron chi connectivity index (χ2n) is 3.77. The van der Waals surface area contributed by atoms with Crippen molar-refractivity contribution in [1.29, 1.82) is 0 Å². The van der Waals surface area contributed by atoms with E-state index in [1.165, 1.54) is 17.3 Å². The molecule has 0 spiro atoms. The number of hydrogen-bond donors (Lipinski definition) is 2. The van der Waals surface area contributed by atoms with E-state index in [9.17, 15) is 4.79 Å². The molecule has 0 atom stereocenters. The molecule has 0 aliphatic carbocycles. The predicted molar refractivity (Wildman–Crippen MR) is 71.1 cm³/mol. The lowest BCUT2D eigenvalue weighted by Crippen LogP contribution is -2.13. The van der Waals surface area contributed by atoms with E-state index in [2.05, 4.69) is 34.2 Å². The minimum absolute atomic E-state index is 0.187. The first-order valence-electron chi connectivity index (χ1n) is 5.62. The Balaban J connectivity index is 2.10. The van der Waals surface area contributed by atoms with Crippen LogP contribution in [0, 0.1) is 0 Å². The van der Waals surface area contributed by atoms with Crippen molar-refractivity contribution < 1.29 is 4.79 Å². The molecular weight excluding hydrogens is 248 g/mol. The van der Waals surface area contributed by atoms with Gasteiger partial charge in [-0.1, -0.05) is 43.0 Å². The average Bonchev–Trinajstić information content (AvgIpc) is 2.85. The van der Waals surface area contributed by atoms with Crippen LogP contribution in [-0.2, 0) is 11.2 Å². The number of carbonyl (C=O) groups excluding carboxylic acids is 1. The summed E-state index contributed by atoms with van der Waals surface area (Å²) in [5, 5.41) is 7.41. The first-order chi connectivity index (χ1) is 8.69. The van der Waals surface area contributed by atoms with Crippen LogP contribution in [0.1, 0.15) is 12.5 Å². The maximum atomic E-state index is 10.7. The summed E-state index contributed by atoms with van der Waals surface area (Å²) in [5.41, 5.74) is 7.32. The summed E-state index contributed by atoms with van der Waals surface area (Å²) in [4.78, 5) is 15.0. The zero-order valence-electron chi connectivity index (χ0n) is 10.0. The third kappa shape index (κ3) is 3.10. The van der Waals surface area contributed by atoms with Gasteiger partial charge < -0.3 is 5.73 Å². The molecule has 0 fully saturated rings. The monoisotopic (exact) mass is 262 g/mol. The van der Waals surface area contributed by atoms with Gasteiger partial charge in [0.05, 0.1) is 5.75 Å². The van der Waals surface area contributed by atoms with Gasteiger partial charge in [0.15, 0.2) is 5.82 Å². The normalized spacial score (nSPS) is 10.5. The largest absolute Gasteiger partial charge is 0.369 e. The summed E-state index contributed by atoms with van der Waals surface area (Å²) in [6.07, 6.45) is 1.01. The molecule has 0 saturated heterocycles. The van der Waals surface area contributed by atoms with E-state index in [0.717, 1.165) is 12.0 Å². The topological polar surface area (TPSA) is 84.7 Å². The van der Waals surface area contributed by atoms with Crippen molar-refractivity contribution in [3.05, 3.63) is 29.8 Å². The Hall–Kier alpha value is -1.82. The Morgan fingerprint density at radius 2 is 2.11 bits per heavy atom. The van der Waals surface area contributed by atoms with Crippen molar-refractivity contribution in [3.8, 4) is 11.4 Å². The summed E-state index contributed by atoms with van der Waals surface area (Å²) < 4.78 is 0. The quantitative estimate of drug-likeness (QED) is 0.802. The highest BCUT2D eigenvalue weighted by Gasteiger charge is 2.07. The summed E-state index contributed by atoms with van der Waals surface area (Å²) in [6.45, 7) is 2.11. The lowest BCUT2D eigenvalue weighted by Gasteiger charge is -1.98. The van der Waals surface area contributed by atoms with Crippen LogP contribution in [0.3, 0.4) is 0 Å². The minimum Gasteiger partial charge on any atom is -0.369 e. The SMILES string of the molecule is CCc1ccc(-c2nc(SCC(N)=O)n[nH]2)cc1. The Morgan fingerprint density at radius 3 is 2.72 bits per heavy atom. The molecule has 94 valence electrons. The number of rotatable bonds is 5. The van der Waals surface area contributed by atoms with Crippen LogP contribution in [0.15, 0.2) is 29.4 Å². The van der Waals surface area contributed by atoms with E-state index in [1.807, 2.05) is 12.1 Å². The molecule has 0 aliphatic heterocycles. The number of amides is 1. The number of aromatic nitrogens is 3. The molecule has 1 aromatic carbocycles. The van der Waals surface area contributed by atoms with Crippen molar-refractivity contribution in [1.82, 2.24) is 15.2 Å². The van der Waals surface area contributed by atoms with E-state index >= 15 is 0 Å². The number of nitrogens with zero attached hydrogens (tertiary/aromatic N) is 2. The molecule has 1 amide bonds. The fraction of sp³-hybridized carbons (Fsp3) is 0.250. The van der Waals surface area contributed by atoms with Gasteiger partial charge in [0, 0.05) is 5.56 Å². The molecule has 3 N–H and O–H groups in total. The average molecular weight is 262 g/mol. The third-order valence-electron chi connectivity index (χ3n) is 2.44. The zero-order valence-corrected chi connectivity index (χ0v) is 10.8. The Morgan fingerprint density at radius 1 is 1.39 bits per heavy atom. The predicted octanol–water partition coefficient (Wildman–Crippen LogP) is 1.61. The minimum atomic E-state index is -0.376. The molecule has 6 heteroatoms. The number of hydrogen-bond acceptors (Lipinski definition) is 4. The Kier molecular flexibility index (Phi) is 3.99. The van der Waals surface area contributed by atoms with Crippen LogP contribution in [-0.4, -0.2) is 26.8 Å². The molecular formula is C12H14N4OS. The van der Waals surface area contributed by atoms with Crippen LogP contribution in [0.25, 0.3) is 11.4 Å². The molecule has 18 heavy (non-hydrogen) atoms. The number of thioether (sulfide) groups is 1. The van der Waals surface area contributed by atoms with Gasteiger partial charge in [-0.3, -0.25) is 9.89 Å². The summed E-state index contributed by atoms with van der Waals surface area (Å²) >= 11 is 1.22. The van der Waals surface area contributed by atoms with E-state index in [4.69, 9.17) is 5.73 Å². The lowest BCUT2D eigenvalue weighted by molar-refractivity contribution is -0.115. The number of aryl methyl sites for hydroxylation is 1. The van der Waals surface area contributed by atoms with Gasteiger partial charge in [0.2, 0.25) is 11.1 Å². The van der Waals surface area contributed by atoms with Gasteiger partial charge in [-0.05, 0) is 12.0 Å². The number of aromatic amines is 1. The van der Waals surface area contributed by atoms with Gasteiger partial charge in [-0.25, -0.2) is 4.98 Å². The van der Waals surface area contributed by atoms with Gasteiger partial charge >= 0.3 is 0 Å². The van der Waals surface area contributed by atoms with Crippen LogP contribution < -0.4 is 5.73 Å². The van der Waals surface area contributed by atoms with Gasteiger partial charge in [-0.15, -0.1) is 5.10 Å².